The lowest BCUT2D eigenvalue weighted by atomic mass is 10.1. The monoisotopic (exact) mass is 297 g/mol. The molecule has 0 saturated carbocycles. The molecule has 114 valence electrons. The molecule has 1 saturated heterocycles. The van der Waals surface area contributed by atoms with Crippen LogP contribution in [0.2, 0.25) is 0 Å². The van der Waals surface area contributed by atoms with Gasteiger partial charge < -0.3 is 9.64 Å². The summed E-state index contributed by atoms with van der Waals surface area (Å²) in [6.45, 7) is 1.42. The Hall–Kier alpha value is -2.43. The van der Waals surface area contributed by atoms with Gasteiger partial charge in [0, 0.05) is 18.8 Å². The van der Waals surface area contributed by atoms with E-state index >= 15 is 0 Å². The highest BCUT2D eigenvalue weighted by Crippen LogP contribution is 2.17. The third-order valence-corrected chi connectivity index (χ3v) is 3.77. The van der Waals surface area contributed by atoms with E-state index in [0.717, 1.165) is 24.9 Å². The van der Waals surface area contributed by atoms with Crippen molar-refractivity contribution in [2.24, 2.45) is 0 Å². The molecular weight excluding hydrogens is 278 g/mol. The van der Waals surface area contributed by atoms with Crippen molar-refractivity contribution in [3.63, 3.8) is 0 Å². The largest absolute Gasteiger partial charge is 0.472 e. The number of hydrogen-bond acceptors (Lipinski definition) is 4. The molecule has 2 heterocycles. The van der Waals surface area contributed by atoms with Gasteiger partial charge in [0.2, 0.25) is 11.8 Å². The zero-order chi connectivity index (χ0) is 15.2. The first-order chi connectivity index (χ1) is 10.8. The van der Waals surface area contributed by atoms with Gasteiger partial charge in [-0.1, -0.05) is 30.3 Å². The zero-order valence-corrected chi connectivity index (χ0v) is 12.4. The molecule has 1 atom stereocenters. The topological polar surface area (TPSA) is 55.3 Å². The van der Waals surface area contributed by atoms with Gasteiger partial charge in [-0.15, -0.1) is 0 Å². The van der Waals surface area contributed by atoms with Crippen molar-refractivity contribution in [3.8, 4) is 5.88 Å². The summed E-state index contributed by atoms with van der Waals surface area (Å²) in [7, 11) is 0. The summed E-state index contributed by atoms with van der Waals surface area (Å²) in [5.74, 6) is 0.722. The van der Waals surface area contributed by atoms with Crippen molar-refractivity contribution in [1.29, 1.82) is 0 Å². The van der Waals surface area contributed by atoms with Crippen LogP contribution in [-0.2, 0) is 11.2 Å². The lowest BCUT2D eigenvalue weighted by Gasteiger charge is -2.32. The van der Waals surface area contributed by atoms with Gasteiger partial charge in [-0.05, 0) is 18.4 Å². The fraction of sp³-hybridized carbons (Fsp3) is 0.353. The molecular formula is C17H19N3O2. The van der Waals surface area contributed by atoms with E-state index in [1.54, 1.807) is 12.3 Å². The maximum Gasteiger partial charge on any atom is 0.227 e. The Balaban J connectivity index is 1.57. The van der Waals surface area contributed by atoms with Crippen molar-refractivity contribution in [2.75, 3.05) is 13.1 Å². The molecule has 1 aliphatic rings. The molecule has 5 heteroatoms. The second-order valence-corrected chi connectivity index (χ2v) is 5.43. The summed E-state index contributed by atoms with van der Waals surface area (Å²) >= 11 is 0. The second kappa shape index (κ2) is 7.02. The fourth-order valence-corrected chi connectivity index (χ4v) is 2.66. The molecule has 1 aliphatic heterocycles. The minimum absolute atomic E-state index is 0.00312. The van der Waals surface area contributed by atoms with Crippen molar-refractivity contribution in [2.45, 2.75) is 25.4 Å². The normalized spacial score (nSPS) is 18.0. The quantitative estimate of drug-likeness (QED) is 0.867. The molecule has 1 aromatic heterocycles. The fourth-order valence-electron chi connectivity index (χ4n) is 2.66. The van der Waals surface area contributed by atoms with Gasteiger partial charge >= 0.3 is 0 Å². The first kappa shape index (κ1) is 14.5. The van der Waals surface area contributed by atoms with Crippen LogP contribution in [0.3, 0.4) is 0 Å². The summed E-state index contributed by atoms with van der Waals surface area (Å²) < 4.78 is 5.84. The van der Waals surface area contributed by atoms with Crippen LogP contribution >= 0.6 is 0 Å². The van der Waals surface area contributed by atoms with Crippen molar-refractivity contribution in [3.05, 3.63) is 54.5 Å². The van der Waals surface area contributed by atoms with Crippen LogP contribution in [0.1, 0.15) is 18.4 Å². The van der Waals surface area contributed by atoms with Crippen molar-refractivity contribution >= 4 is 5.91 Å². The molecule has 22 heavy (non-hydrogen) atoms. The van der Waals surface area contributed by atoms with E-state index in [2.05, 4.69) is 9.97 Å². The summed E-state index contributed by atoms with van der Waals surface area (Å²) in [4.78, 5) is 22.2. The minimum Gasteiger partial charge on any atom is -0.472 e. The average Bonchev–Trinajstić information content (AvgIpc) is 2.57. The summed E-state index contributed by atoms with van der Waals surface area (Å²) in [6, 6.07) is 11.6. The first-order valence-electron chi connectivity index (χ1n) is 7.55. The van der Waals surface area contributed by atoms with Gasteiger partial charge in [0.15, 0.2) is 0 Å². The van der Waals surface area contributed by atoms with E-state index in [9.17, 15) is 4.79 Å². The maximum atomic E-state index is 12.4. The number of piperidine rings is 1. The molecule has 2 aromatic rings. The average molecular weight is 297 g/mol. The van der Waals surface area contributed by atoms with Gasteiger partial charge in [0.05, 0.1) is 13.0 Å². The SMILES string of the molecule is O=C(Cc1ccccc1)N1CCC[C@@H](Oc2ccncn2)C1. The number of hydrogen-bond donors (Lipinski definition) is 0. The van der Waals surface area contributed by atoms with E-state index in [1.165, 1.54) is 6.33 Å². The number of amides is 1. The van der Waals surface area contributed by atoms with Gasteiger partial charge in [0.25, 0.3) is 0 Å². The molecule has 1 fully saturated rings. The smallest absolute Gasteiger partial charge is 0.227 e. The van der Waals surface area contributed by atoms with E-state index in [-0.39, 0.29) is 12.0 Å². The number of ether oxygens (including phenoxy) is 1. The molecule has 1 amide bonds. The number of aromatic nitrogens is 2. The predicted octanol–water partition coefficient (Wildman–Crippen LogP) is 2.09. The second-order valence-electron chi connectivity index (χ2n) is 5.43. The van der Waals surface area contributed by atoms with E-state index in [0.29, 0.717) is 18.8 Å². The van der Waals surface area contributed by atoms with Crippen LogP contribution in [-0.4, -0.2) is 40.0 Å². The lowest BCUT2D eigenvalue weighted by Crippen LogP contribution is -2.45. The van der Waals surface area contributed by atoms with Crippen LogP contribution in [0.4, 0.5) is 0 Å². The third kappa shape index (κ3) is 3.81. The molecule has 3 rings (SSSR count). The van der Waals surface area contributed by atoms with Crippen LogP contribution in [0.25, 0.3) is 0 Å². The number of carbonyl (C=O) groups is 1. The molecule has 0 bridgehead atoms. The number of likely N-dealkylation sites (tertiary alicyclic amines) is 1. The molecule has 0 aliphatic carbocycles. The molecule has 0 spiro atoms. The van der Waals surface area contributed by atoms with Crippen molar-refractivity contribution < 1.29 is 9.53 Å². The highest BCUT2D eigenvalue weighted by Gasteiger charge is 2.25. The number of nitrogens with zero attached hydrogens (tertiary/aromatic N) is 3. The van der Waals surface area contributed by atoms with Crippen LogP contribution < -0.4 is 4.74 Å². The van der Waals surface area contributed by atoms with E-state index in [4.69, 9.17) is 4.74 Å². The minimum atomic E-state index is 0.00312. The van der Waals surface area contributed by atoms with Gasteiger partial charge in [0.1, 0.15) is 12.4 Å². The maximum absolute atomic E-state index is 12.4. The standard InChI is InChI=1S/C17H19N3O2/c21-17(11-14-5-2-1-3-6-14)20-10-4-7-15(12-20)22-16-8-9-18-13-19-16/h1-3,5-6,8-9,13,15H,4,7,10-12H2/t15-/m1/s1. The molecule has 5 nitrogen and oxygen atoms in total. The Morgan fingerprint density at radius 1 is 1.27 bits per heavy atom. The Labute approximate surface area is 130 Å². The number of carbonyl (C=O) groups excluding carboxylic acids is 1. The summed E-state index contributed by atoms with van der Waals surface area (Å²) in [5.41, 5.74) is 1.05. The Bertz CT molecular complexity index is 604. The van der Waals surface area contributed by atoms with Crippen LogP contribution in [0.5, 0.6) is 5.88 Å². The lowest BCUT2D eigenvalue weighted by molar-refractivity contribution is -0.133. The molecule has 0 unspecified atom stereocenters. The molecule has 0 radical (unpaired) electrons. The Morgan fingerprint density at radius 3 is 2.91 bits per heavy atom. The highest BCUT2D eigenvalue weighted by atomic mass is 16.5. The Morgan fingerprint density at radius 2 is 2.14 bits per heavy atom. The van der Waals surface area contributed by atoms with Gasteiger partial charge in [-0.2, -0.15) is 0 Å². The summed E-state index contributed by atoms with van der Waals surface area (Å²) in [6.07, 6.45) is 5.47. The number of benzene rings is 1. The summed E-state index contributed by atoms with van der Waals surface area (Å²) in [5, 5.41) is 0. The number of rotatable bonds is 4. The van der Waals surface area contributed by atoms with Gasteiger partial charge in [-0.3, -0.25) is 4.79 Å². The predicted molar refractivity (Wildman–Crippen MR) is 82.4 cm³/mol. The third-order valence-electron chi connectivity index (χ3n) is 3.77. The molecule has 0 N–H and O–H groups in total. The van der Waals surface area contributed by atoms with Gasteiger partial charge in [-0.25, -0.2) is 9.97 Å². The van der Waals surface area contributed by atoms with Crippen molar-refractivity contribution in [1.82, 2.24) is 14.9 Å². The first-order valence-corrected chi connectivity index (χ1v) is 7.55. The van der Waals surface area contributed by atoms with E-state index < -0.39 is 0 Å². The van der Waals surface area contributed by atoms with E-state index in [1.807, 2.05) is 35.2 Å². The van der Waals surface area contributed by atoms with Crippen LogP contribution in [0.15, 0.2) is 48.9 Å². The molecule has 1 aromatic carbocycles. The zero-order valence-electron chi connectivity index (χ0n) is 12.4. The Kier molecular flexibility index (Phi) is 4.63. The van der Waals surface area contributed by atoms with Crippen LogP contribution in [0, 0.1) is 0 Å². The highest BCUT2D eigenvalue weighted by molar-refractivity contribution is 5.78.